The van der Waals surface area contributed by atoms with E-state index in [1.54, 1.807) is 12.1 Å². The second kappa shape index (κ2) is 6.35. The van der Waals surface area contributed by atoms with Crippen molar-refractivity contribution in [3.05, 3.63) is 33.9 Å². The van der Waals surface area contributed by atoms with Crippen LogP contribution in [0, 0.1) is 27.4 Å². The molecule has 1 aliphatic rings. The molecule has 0 aromatic heterocycles. The molecule has 1 aromatic rings. The Morgan fingerprint density at radius 1 is 1.45 bits per heavy atom. The van der Waals surface area contributed by atoms with E-state index in [0.29, 0.717) is 6.54 Å². The fourth-order valence-electron chi connectivity index (χ4n) is 2.66. The second-order valence-electron chi connectivity index (χ2n) is 4.96. The predicted octanol–water partition coefficient (Wildman–Crippen LogP) is 2.36. The summed E-state index contributed by atoms with van der Waals surface area (Å²) in [7, 11) is 0. The van der Waals surface area contributed by atoms with E-state index in [9.17, 15) is 10.1 Å². The smallest absolute Gasteiger partial charge is 0.328 e. The van der Waals surface area contributed by atoms with Gasteiger partial charge in [0.15, 0.2) is 5.75 Å². The number of rotatable bonds is 4. The van der Waals surface area contributed by atoms with Crippen LogP contribution in [0.15, 0.2) is 18.2 Å². The van der Waals surface area contributed by atoms with Gasteiger partial charge in [0.1, 0.15) is 17.7 Å². The van der Waals surface area contributed by atoms with Gasteiger partial charge in [-0.2, -0.15) is 5.26 Å². The first-order chi connectivity index (χ1) is 9.67. The summed E-state index contributed by atoms with van der Waals surface area (Å²) in [6.07, 6.45) is 3.86. The molecule has 2 atom stereocenters. The molecule has 1 aromatic carbocycles. The topological polar surface area (TPSA) is 102 Å². The van der Waals surface area contributed by atoms with Crippen LogP contribution in [0.3, 0.4) is 0 Å². The lowest BCUT2D eigenvalue weighted by atomic mass is 9.86. The van der Waals surface area contributed by atoms with Crippen molar-refractivity contribution in [3.8, 4) is 11.8 Å². The summed E-state index contributed by atoms with van der Waals surface area (Å²) in [6, 6.07) is 6.40. The molecule has 106 valence electrons. The van der Waals surface area contributed by atoms with Crippen molar-refractivity contribution in [2.45, 2.75) is 31.8 Å². The minimum absolute atomic E-state index is 0.0209. The number of para-hydroxylation sites is 1. The lowest BCUT2D eigenvalue weighted by Crippen LogP contribution is -2.35. The van der Waals surface area contributed by atoms with E-state index in [1.165, 1.54) is 6.07 Å². The monoisotopic (exact) mass is 275 g/mol. The Balaban J connectivity index is 2.29. The van der Waals surface area contributed by atoms with E-state index < -0.39 is 4.92 Å². The van der Waals surface area contributed by atoms with Gasteiger partial charge in [-0.05, 0) is 37.9 Å². The Labute approximate surface area is 117 Å². The molecular formula is C14H17N3O3. The maximum absolute atomic E-state index is 11.1. The average molecular weight is 275 g/mol. The molecule has 0 heterocycles. The first-order valence-corrected chi connectivity index (χ1v) is 6.71. The molecule has 2 N–H and O–H groups in total. The average Bonchev–Trinajstić information content (AvgIpc) is 2.47. The van der Waals surface area contributed by atoms with Gasteiger partial charge >= 0.3 is 5.69 Å². The van der Waals surface area contributed by atoms with Crippen LogP contribution >= 0.6 is 0 Å². The molecule has 0 amide bonds. The SMILES string of the molecule is N#Cc1cccc(OC2CCCCC2CN)c1[N+](=O)[O-]. The molecule has 20 heavy (non-hydrogen) atoms. The molecule has 2 rings (SSSR count). The third-order valence-corrected chi connectivity index (χ3v) is 3.72. The van der Waals surface area contributed by atoms with Gasteiger partial charge in [0.05, 0.1) is 4.92 Å². The minimum Gasteiger partial charge on any atom is -0.483 e. The molecule has 1 fully saturated rings. The maximum atomic E-state index is 11.1. The fourth-order valence-corrected chi connectivity index (χ4v) is 2.66. The highest BCUT2D eigenvalue weighted by atomic mass is 16.6. The molecule has 0 radical (unpaired) electrons. The van der Waals surface area contributed by atoms with Gasteiger partial charge in [-0.15, -0.1) is 0 Å². The molecule has 1 saturated carbocycles. The summed E-state index contributed by atoms with van der Waals surface area (Å²) in [5, 5.41) is 20.1. The van der Waals surface area contributed by atoms with Gasteiger partial charge in [-0.25, -0.2) is 0 Å². The van der Waals surface area contributed by atoms with Crippen LogP contribution in [0.5, 0.6) is 5.75 Å². The van der Waals surface area contributed by atoms with Gasteiger partial charge < -0.3 is 10.5 Å². The number of ether oxygens (including phenoxy) is 1. The van der Waals surface area contributed by atoms with Gasteiger partial charge in [0.2, 0.25) is 0 Å². The van der Waals surface area contributed by atoms with Gasteiger partial charge in [0.25, 0.3) is 0 Å². The number of nitrogens with two attached hydrogens (primary N) is 1. The molecule has 0 spiro atoms. The summed E-state index contributed by atoms with van der Waals surface area (Å²) in [6.45, 7) is 0.510. The van der Waals surface area contributed by atoms with Crippen molar-refractivity contribution in [2.24, 2.45) is 11.7 Å². The second-order valence-corrected chi connectivity index (χ2v) is 4.96. The van der Waals surface area contributed by atoms with E-state index in [4.69, 9.17) is 15.7 Å². The summed E-state index contributed by atoms with van der Waals surface area (Å²) < 4.78 is 5.82. The van der Waals surface area contributed by atoms with Crippen molar-refractivity contribution in [1.82, 2.24) is 0 Å². The van der Waals surface area contributed by atoms with Crippen molar-refractivity contribution >= 4 is 5.69 Å². The Bertz CT molecular complexity index is 539. The molecule has 0 aliphatic heterocycles. The van der Waals surface area contributed by atoms with Crippen LogP contribution in [0.2, 0.25) is 0 Å². The van der Waals surface area contributed by atoms with E-state index in [-0.39, 0.29) is 29.0 Å². The Kier molecular flexibility index (Phi) is 4.53. The zero-order chi connectivity index (χ0) is 14.5. The summed E-state index contributed by atoms with van der Waals surface area (Å²) in [5.41, 5.74) is 5.50. The Morgan fingerprint density at radius 2 is 2.20 bits per heavy atom. The summed E-state index contributed by atoms with van der Waals surface area (Å²) >= 11 is 0. The molecule has 0 bridgehead atoms. The van der Waals surface area contributed by atoms with Crippen LogP contribution in [0.1, 0.15) is 31.2 Å². The Hall–Kier alpha value is -2.13. The maximum Gasteiger partial charge on any atom is 0.328 e. The van der Waals surface area contributed by atoms with Gasteiger partial charge in [0, 0.05) is 5.92 Å². The zero-order valence-electron chi connectivity index (χ0n) is 11.1. The van der Waals surface area contributed by atoms with E-state index in [1.807, 2.05) is 6.07 Å². The summed E-state index contributed by atoms with van der Waals surface area (Å²) in [4.78, 5) is 10.6. The summed E-state index contributed by atoms with van der Waals surface area (Å²) in [5.74, 6) is 0.383. The number of nitro benzene ring substituents is 1. The number of nitrogens with zero attached hydrogens (tertiary/aromatic N) is 2. The van der Waals surface area contributed by atoms with Crippen LogP contribution in [-0.2, 0) is 0 Å². The fraction of sp³-hybridized carbons (Fsp3) is 0.500. The molecule has 0 saturated heterocycles. The van der Waals surface area contributed by atoms with Crippen molar-refractivity contribution < 1.29 is 9.66 Å². The van der Waals surface area contributed by atoms with E-state index in [0.717, 1.165) is 25.7 Å². The van der Waals surface area contributed by atoms with Crippen molar-refractivity contribution in [2.75, 3.05) is 6.54 Å². The quantitative estimate of drug-likeness (QED) is 0.671. The Morgan fingerprint density at radius 3 is 2.85 bits per heavy atom. The van der Waals surface area contributed by atoms with Crippen LogP contribution < -0.4 is 10.5 Å². The normalized spacial score (nSPS) is 22.0. The van der Waals surface area contributed by atoms with Gasteiger partial charge in [-0.1, -0.05) is 12.5 Å². The van der Waals surface area contributed by atoms with E-state index in [2.05, 4.69) is 0 Å². The first-order valence-electron chi connectivity index (χ1n) is 6.71. The molecule has 2 unspecified atom stereocenters. The molecule has 6 nitrogen and oxygen atoms in total. The first kappa shape index (κ1) is 14.3. The van der Waals surface area contributed by atoms with E-state index >= 15 is 0 Å². The van der Waals surface area contributed by atoms with Crippen LogP contribution in [0.25, 0.3) is 0 Å². The van der Waals surface area contributed by atoms with Crippen LogP contribution in [0.4, 0.5) is 5.69 Å². The number of hydrogen-bond donors (Lipinski definition) is 1. The molecule has 1 aliphatic carbocycles. The van der Waals surface area contributed by atoms with Crippen LogP contribution in [-0.4, -0.2) is 17.6 Å². The number of benzene rings is 1. The third kappa shape index (κ3) is 2.89. The molecule has 6 heteroatoms. The standard InChI is InChI=1S/C14H17N3O3/c15-8-10-4-1-2-6-12(10)20-13-7-3-5-11(9-16)14(13)17(18)19/h3,5,7,10,12H,1-2,4,6,8,15H2. The highest BCUT2D eigenvalue weighted by Gasteiger charge is 2.29. The zero-order valence-corrected chi connectivity index (χ0v) is 11.1. The van der Waals surface area contributed by atoms with Gasteiger partial charge in [-0.3, -0.25) is 10.1 Å². The number of nitriles is 1. The largest absolute Gasteiger partial charge is 0.483 e. The van der Waals surface area contributed by atoms with Crippen molar-refractivity contribution in [1.29, 1.82) is 5.26 Å². The number of hydrogen-bond acceptors (Lipinski definition) is 5. The lowest BCUT2D eigenvalue weighted by molar-refractivity contribution is -0.386. The minimum atomic E-state index is -0.561. The number of nitro groups is 1. The lowest BCUT2D eigenvalue weighted by Gasteiger charge is -2.30. The predicted molar refractivity (Wildman–Crippen MR) is 73.2 cm³/mol. The highest BCUT2D eigenvalue weighted by Crippen LogP contribution is 2.34. The molecular weight excluding hydrogens is 258 g/mol. The highest BCUT2D eigenvalue weighted by molar-refractivity contribution is 5.58. The third-order valence-electron chi connectivity index (χ3n) is 3.72. The van der Waals surface area contributed by atoms with Crippen molar-refractivity contribution in [3.63, 3.8) is 0 Å².